The molecule has 3 N–H and O–H groups in total. The minimum absolute atomic E-state index is 0. The lowest BCUT2D eigenvalue weighted by Gasteiger charge is -2.25. The van der Waals surface area contributed by atoms with E-state index in [0.717, 1.165) is 31.2 Å². The third-order valence-corrected chi connectivity index (χ3v) is 4.59. The maximum atomic E-state index is 12.3. The minimum Gasteiger partial charge on any atom is -0.352 e. The maximum Gasteiger partial charge on any atom is 0.223 e. The van der Waals surface area contributed by atoms with Crippen LogP contribution in [0.15, 0.2) is 54.6 Å². The molecule has 1 amide bonds. The van der Waals surface area contributed by atoms with Gasteiger partial charge in [-0.05, 0) is 42.0 Å². The van der Waals surface area contributed by atoms with E-state index >= 15 is 0 Å². The number of benzene rings is 2. The Hall–Kier alpha value is -1.84. The molecule has 0 radical (unpaired) electrons. The Kier molecular flexibility index (Phi) is 6.83. The molecule has 1 aliphatic rings. The van der Waals surface area contributed by atoms with Crippen molar-refractivity contribution in [3.05, 3.63) is 60.2 Å². The zero-order valence-electron chi connectivity index (χ0n) is 13.8. The van der Waals surface area contributed by atoms with Crippen molar-refractivity contribution in [2.75, 3.05) is 0 Å². The molecule has 128 valence electrons. The highest BCUT2D eigenvalue weighted by Gasteiger charge is 2.24. The van der Waals surface area contributed by atoms with Gasteiger partial charge in [-0.25, -0.2) is 0 Å². The van der Waals surface area contributed by atoms with Crippen LogP contribution in [0.4, 0.5) is 0 Å². The molecule has 0 aromatic heterocycles. The number of hydrogen-bond donors (Lipinski definition) is 2. The van der Waals surface area contributed by atoms with Crippen molar-refractivity contribution >= 4 is 18.3 Å². The van der Waals surface area contributed by atoms with Crippen LogP contribution < -0.4 is 11.1 Å². The fourth-order valence-corrected chi connectivity index (χ4v) is 3.29. The van der Waals surface area contributed by atoms with Crippen LogP contribution in [0, 0.1) is 5.92 Å². The molecule has 2 aromatic carbocycles. The number of carbonyl (C=O) groups is 1. The van der Waals surface area contributed by atoms with Gasteiger partial charge in [0.05, 0.1) is 0 Å². The van der Waals surface area contributed by atoms with E-state index in [2.05, 4.69) is 35.6 Å². The van der Waals surface area contributed by atoms with Gasteiger partial charge in [0.15, 0.2) is 0 Å². The van der Waals surface area contributed by atoms with Crippen LogP contribution in [-0.2, 0) is 11.3 Å². The zero-order chi connectivity index (χ0) is 16.1. The van der Waals surface area contributed by atoms with Gasteiger partial charge in [-0.2, -0.15) is 0 Å². The summed E-state index contributed by atoms with van der Waals surface area (Å²) in [6, 6.07) is 18.8. The Balaban J connectivity index is 0.00000208. The van der Waals surface area contributed by atoms with Gasteiger partial charge in [-0.1, -0.05) is 55.0 Å². The first-order valence-corrected chi connectivity index (χ1v) is 8.40. The van der Waals surface area contributed by atoms with Gasteiger partial charge < -0.3 is 11.1 Å². The summed E-state index contributed by atoms with van der Waals surface area (Å²) in [7, 11) is 0. The second kappa shape index (κ2) is 8.86. The van der Waals surface area contributed by atoms with Gasteiger partial charge in [-0.15, -0.1) is 12.4 Å². The monoisotopic (exact) mass is 344 g/mol. The second-order valence-corrected chi connectivity index (χ2v) is 6.41. The molecule has 0 heterocycles. The van der Waals surface area contributed by atoms with Crippen molar-refractivity contribution < 1.29 is 4.79 Å². The Morgan fingerprint density at radius 1 is 1.04 bits per heavy atom. The summed E-state index contributed by atoms with van der Waals surface area (Å²) in [6.07, 6.45) is 3.88. The highest BCUT2D eigenvalue weighted by atomic mass is 35.5. The van der Waals surface area contributed by atoms with Crippen molar-refractivity contribution in [3.63, 3.8) is 0 Å². The first kappa shape index (κ1) is 18.5. The van der Waals surface area contributed by atoms with Crippen LogP contribution in [0.25, 0.3) is 11.1 Å². The summed E-state index contributed by atoms with van der Waals surface area (Å²) in [6.45, 7) is 0.575. The number of amides is 1. The van der Waals surface area contributed by atoms with Gasteiger partial charge >= 0.3 is 0 Å². The van der Waals surface area contributed by atoms with E-state index in [-0.39, 0.29) is 30.3 Å². The predicted octanol–water partition coefficient (Wildman–Crippen LogP) is 3.91. The quantitative estimate of drug-likeness (QED) is 0.883. The maximum absolute atomic E-state index is 12.3. The van der Waals surface area contributed by atoms with Crippen molar-refractivity contribution in [1.82, 2.24) is 5.32 Å². The van der Waals surface area contributed by atoms with Crippen LogP contribution in [0.3, 0.4) is 0 Å². The summed E-state index contributed by atoms with van der Waals surface area (Å²) in [5, 5.41) is 3.07. The molecular formula is C20H25ClN2O. The topological polar surface area (TPSA) is 55.1 Å². The van der Waals surface area contributed by atoms with Crippen LogP contribution in [0.2, 0.25) is 0 Å². The summed E-state index contributed by atoms with van der Waals surface area (Å²) in [4.78, 5) is 12.3. The van der Waals surface area contributed by atoms with E-state index in [9.17, 15) is 4.79 Å². The van der Waals surface area contributed by atoms with Crippen molar-refractivity contribution in [3.8, 4) is 11.1 Å². The molecule has 1 fully saturated rings. The van der Waals surface area contributed by atoms with Crippen molar-refractivity contribution in [1.29, 1.82) is 0 Å². The lowest BCUT2D eigenvalue weighted by atomic mass is 9.85. The molecule has 0 bridgehead atoms. The summed E-state index contributed by atoms with van der Waals surface area (Å²) < 4.78 is 0. The fraction of sp³-hybridized carbons (Fsp3) is 0.350. The van der Waals surface area contributed by atoms with Gasteiger partial charge in [0, 0.05) is 18.5 Å². The average Bonchev–Trinajstić information content (AvgIpc) is 2.61. The molecule has 1 aliphatic carbocycles. The van der Waals surface area contributed by atoms with E-state index in [1.165, 1.54) is 11.1 Å². The zero-order valence-corrected chi connectivity index (χ0v) is 14.6. The van der Waals surface area contributed by atoms with Crippen LogP contribution in [0.5, 0.6) is 0 Å². The van der Waals surface area contributed by atoms with Gasteiger partial charge in [0.2, 0.25) is 5.91 Å². The molecule has 0 spiro atoms. The third kappa shape index (κ3) is 4.83. The van der Waals surface area contributed by atoms with Crippen molar-refractivity contribution in [2.45, 2.75) is 38.3 Å². The fourth-order valence-electron chi connectivity index (χ4n) is 3.29. The molecule has 4 heteroatoms. The Labute approximate surface area is 150 Å². The molecule has 0 saturated heterocycles. The number of nitrogens with one attached hydrogen (secondary N) is 1. The second-order valence-electron chi connectivity index (χ2n) is 6.41. The smallest absolute Gasteiger partial charge is 0.223 e. The highest BCUT2D eigenvalue weighted by molar-refractivity contribution is 5.85. The Morgan fingerprint density at radius 3 is 2.54 bits per heavy atom. The molecule has 0 unspecified atom stereocenters. The Bertz CT molecular complexity index is 660. The number of halogens is 1. The first-order chi connectivity index (χ1) is 11.2. The van der Waals surface area contributed by atoms with E-state index in [1.807, 2.05) is 24.3 Å². The van der Waals surface area contributed by atoms with Gasteiger partial charge in [-0.3, -0.25) is 4.79 Å². The van der Waals surface area contributed by atoms with Crippen LogP contribution in [0.1, 0.15) is 31.2 Å². The minimum atomic E-state index is 0. The Morgan fingerprint density at radius 2 is 1.79 bits per heavy atom. The lowest BCUT2D eigenvalue weighted by molar-refractivity contribution is -0.126. The number of rotatable bonds is 4. The van der Waals surface area contributed by atoms with Crippen molar-refractivity contribution in [2.24, 2.45) is 11.7 Å². The van der Waals surface area contributed by atoms with Crippen LogP contribution >= 0.6 is 12.4 Å². The van der Waals surface area contributed by atoms with E-state index in [4.69, 9.17) is 5.73 Å². The number of hydrogen-bond acceptors (Lipinski definition) is 2. The first-order valence-electron chi connectivity index (χ1n) is 8.40. The van der Waals surface area contributed by atoms with E-state index in [0.29, 0.717) is 6.54 Å². The third-order valence-electron chi connectivity index (χ3n) is 4.59. The molecular weight excluding hydrogens is 320 g/mol. The molecule has 3 nitrogen and oxygen atoms in total. The normalized spacial score (nSPS) is 20.0. The molecule has 2 atom stereocenters. The average molecular weight is 345 g/mol. The molecule has 2 aromatic rings. The standard InChI is InChI=1S/C20H24N2O.ClH/c21-19-11-5-10-18(13-19)20(23)22-14-15-6-4-9-17(12-15)16-7-2-1-3-8-16;/h1-4,6-9,12,18-19H,5,10-11,13-14,21H2,(H,22,23);1H/t18-,19+;/m1./s1. The predicted molar refractivity (Wildman–Crippen MR) is 101 cm³/mol. The molecule has 24 heavy (non-hydrogen) atoms. The number of nitrogens with two attached hydrogens (primary N) is 1. The SMILES string of the molecule is Cl.N[C@H]1CCC[C@@H](C(=O)NCc2cccc(-c3ccccc3)c2)C1. The summed E-state index contributed by atoms with van der Waals surface area (Å²) in [5.41, 5.74) is 9.47. The van der Waals surface area contributed by atoms with E-state index in [1.54, 1.807) is 0 Å². The van der Waals surface area contributed by atoms with Crippen LogP contribution in [-0.4, -0.2) is 11.9 Å². The molecule has 0 aliphatic heterocycles. The number of carbonyl (C=O) groups excluding carboxylic acids is 1. The summed E-state index contributed by atoms with van der Waals surface area (Å²) in [5.74, 6) is 0.223. The lowest BCUT2D eigenvalue weighted by Crippen LogP contribution is -2.37. The van der Waals surface area contributed by atoms with Gasteiger partial charge in [0.25, 0.3) is 0 Å². The van der Waals surface area contributed by atoms with Gasteiger partial charge in [0.1, 0.15) is 0 Å². The largest absolute Gasteiger partial charge is 0.352 e. The van der Waals surface area contributed by atoms with E-state index < -0.39 is 0 Å². The highest BCUT2D eigenvalue weighted by Crippen LogP contribution is 2.23. The molecule has 3 rings (SSSR count). The summed E-state index contributed by atoms with van der Waals surface area (Å²) >= 11 is 0. The molecule has 1 saturated carbocycles.